The summed E-state index contributed by atoms with van der Waals surface area (Å²) in [6, 6.07) is 0.216. The van der Waals surface area contributed by atoms with Gasteiger partial charge in [0.15, 0.2) is 0 Å². The van der Waals surface area contributed by atoms with E-state index in [1.807, 2.05) is 23.6 Å². The summed E-state index contributed by atoms with van der Waals surface area (Å²) in [7, 11) is 0. The molecule has 1 heterocycles. The van der Waals surface area contributed by atoms with Crippen molar-refractivity contribution in [1.82, 2.24) is 15.1 Å². The molecule has 0 aromatic heterocycles. The zero-order valence-corrected chi connectivity index (χ0v) is 12.5. The van der Waals surface area contributed by atoms with E-state index in [1.165, 1.54) is 0 Å². The van der Waals surface area contributed by atoms with Crippen LogP contribution in [-0.4, -0.2) is 66.9 Å². The molecule has 0 spiro atoms. The maximum Gasteiger partial charge on any atom is 0.231 e. The normalized spacial score (nSPS) is 15.5. The van der Waals surface area contributed by atoms with Crippen LogP contribution in [0.5, 0.6) is 0 Å². The third kappa shape index (κ3) is 6.75. The quantitative estimate of drug-likeness (QED) is 0.687. The van der Waals surface area contributed by atoms with Crippen LogP contribution in [-0.2, 0) is 9.59 Å². The minimum absolute atomic E-state index is 0. The number of amides is 2. The van der Waals surface area contributed by atoms with E-state index in [9.17, 15) is 9.59 Å². The molecular formula is C12H25ClN4O2. The van der Waals surface area contributed by atoms with Crippen molar-refractivity contribution in [2.75, 3.05) is 39.3 Å². The van der Waals surface area contributed by atoms with Crippen molar-refractivity contribution in [2.45, 2.75) is 26.3 Å². The molecule has 0 bridgehead atoms. The summed E-state index contributed by atoms with van der Waals surface area (Å²) in [6.45, 7) is 8.07. The Morgan fingerprint density at radius 2 is 1.89 bits per heavy atom. The monoisotopic (exact) mass is 292 g/mol. The van der Waals surface area contributed by atoms with E-state index in [0.717, 1.165) is 26.2 Å². The van der Waals surface area contributed by atoms with Gasteiger partial charge in [0, 0.05) is 45.2 Å². The number of piperazine rings is 1. The van der Waals surface area contributed by atoms with Crippen molar-refractivity contribution < 1.29 is 9.59 Å². The summed E-state index contributed by atoms with van der Waals surface area (Å²) in [6.07, 6.45) is 0.450. The molecule has 1 rings (SSSR count). The summed E-state index contributed by atoms with van der Waals surface area (Å²) in [5, 5.41) is 3.21. The molecule has 19 heavy (non-hydrogen) atoms. The number of carbonyl (C=O) groups excluding carboxylic acids is 2. The first-order valence-corrected chi connectivity index (χ1v) is 6.51. The maximum absolute atomic E-state index is 12.0. The Labute approximate surface area is 121 Å². The van der Waals surface area contributed by atoms with Crippen molar-refractivity contribution in [2.24, 2.45) is 5.73 Å². The van der Waals surface area contributed by atoms with E-state index in [4.69, 9.17) is 5.73 Å². The highest BCUT2D eigenvalue weighted by molar-refractivity contribution is 5.85. The molecule has 0 aromatic carbocycles. The second-order valence-corrected chi connectivity index (χ2v) is 4.91. The van der Waals surface area contributed by atoms with E-state index in [0.29, 0.717) is 13.0 Å². The smallest absolute Gasteiger partial charge is 0.231 e. The van der Waals surface area contributed by atoms with E-state index < -0.39 is 0 Å². The fourth-order valence-electron chi connectivity index (χ4n) is 2.03. The molecule has 0 aliphatic carbocycles. The molecule has 1 fully saturated rings. The molecule has 0 aromatic rings. The maximum atomic E-state index is 12.0. The molecule has 3 N–H and O–H groups in total. The summed E-state index contributed by atoms with van der Waals surface area (Å²) in [5.74, 6) is -0.190. The van der Waals surface area contributed by atoms with Crippen LogP contribution < -0.4 is 11.1 Å². The van der Waals surface area contributed by atoms with Gasteiger partial charge in [0.1, 0.15) is 0 Å². The van der Waals surface area contributed by atoms with Gasteiger partial charge in [-0.1, -0.05) is 0 Å². The van der Waals surface area contributed by atoms with Gasteiger partial charge in [-0.25, -0.2) is 0 Å². The van der Waals surface area contributed by atoms with Crippen molar-refractivity contribution in [1.29, 1.82) is 0 Å². The number of halogens is 1. The molecule has 1 saturated heterocycles. The van der Waals surface area contributed by atoms with Crippen LogP contribution in [0.2, 0.25) is 0 Å². The molecule has 6 nitrogen and oxygen atoms in total. The Kier molecular flexibility index (Phi) is 8.71. The van der Waals surface area contributed by atoms with Crippen molar-refractivity contribution in [3.05, 3.63) is 0 Å². The van der Waals surface area contributed by atoms with Gasteiger partial charge in [0.25, 0.3) is 0 Å². The van der Waals surface area contributed by atoms with Gasteiger partial charge in [-0.15, -0.1) is 12.4 Å². The van der Waals surface area contributed by atoms with Crippen molar-refractivity contribution >= 4 is 24.2 Å². The second kappa shape index (κ2) is 9.12. The molecule has 112 valence electrons. The highest BCUT2D eigenvalue weighted by Crippen LogP contribution is 2.02. The molecule has 1 aliphatic heterocycles. The Bertz CT molecular complexity index is 293. The molecular weight excluding hydrogens is 268 g/mol. The zero-order chi connectivity index (χ0) is 13.5. The van der Waals surface area contributed by atoms with Gasteiger partial charge in [0.2, 0.25) is 11.8 Å². The van der Waals surface area contributed by atoms with Crippen LogP contribution in [0.3, 0.4) is 0 Å². The minimum atomic E-state index is -0.349. The average Bonchev–Trinajstić information content (AvgIpc) is 2.34. The van der Waals surface area contributed by atoms with E-state index in [2.05, 4.69) is 5.32 Å². The van der Waals surface area contributed by atoms with Crippen LogP contribution in [0.15, 0.2) is 0 Å². The Balaban J connectivity index is 0.00000324. The van der Waals surface area contributed by atoms with Crippen molar-refractivity contribution in [3.63, 3.8) is 0 Å². The van der Waals surface area contributed by atoms with Gasteiger partial charge >= 0.3 is 0 Å². The number of nitrogens with zero attached hydrogens (tertiary/aromatic N) is 2. The number of nitrogens with two attached hydrogens (primary N) is 1. The third-order valence-corrected chi connectivity index (χ3v) is 3.17. The minimum Gasteiger partial charge on any atom is -0.369 e. The molecule has 0 radical (unpaired) electrons. The first kappa shape index (κ1) is 18.1. The van der Waals surface area contributed by atoms with Gasteiger partial charge < -0.3 is 16.0 Å². The van der Waals surface area contributed by atoms with Crippen LogP contribution in [0.1, 0.15) is 20.3 Å². The average molecular weight is 293 g/mol. The Morgan fingerprint density at radius 1 is 1.32 bits per heavy atom. The number of carbonyl (C=O) groups is 2. The summed E-state index contributed by atoms with van der Waals surface area (Å²) in [5.41, 5.74) is 5.20. The fourth-order valence-corrected chi connectivity index (χ4v) is 2.03. The lowest BCUT2D eigenvalue weighted by Crippen LogP contribution is -2.47. The summed E-state index contributed by atoms with van der Waals surface area (Å²) >= 11 is 0. The topological polar surface area (TPSA) is 78.7 Å². The number of rotatable bonds is 6. The first-order chi connectivity index (χ1) is 8.50. The van der Waals surface area contributed by atoms with Gasteiger partial charge in [0.05, 0.1) is 6.54 Å². The largest absolute Gasteiger partial charge is 0.369 e. The van der Waals surface area contributed by atoms with Crippen LogP contribution in [0, 0.1) is 0 Å². The lowest BCUT2D eigenvalue weighted by atomic mass is 10.2. The van der Waals surface area contributed by atoms with Crippen molar-refractivity contribution in [3.8, 4) is 0 Å². The Morgan fingerprint density at radius 3 is 2.37 bits per heavy atom. The summed E-state index contributed by atoms with van der Waals surface area (Å²) < 4.78 is 0. The predicted molar refractivity (Wildman–Crippen MR) is 77.2 cm³/mol. The van der Waals surface area contributed by atoms with E-state index in [-0.39, 0.29) is 36.8 Å². The fraction of sp³-hybridized carbons (Fsp3) is 0.833. The lowest BCUT2D eigenvalue weighted by molar-refractivity contribution is -0.132. The Hall–Kier alpha value is -0.850. The van der Waals surface area contributed by atoms with E-state index in [1.54, 1.807) is 0 Å². The molecule has 1 aliphatic rings. The van der Waals surface area contributed by atoms with Crippen LogP contribution in [0.25, 0.3) is 0 Å². The molecule has 0 atom stereocenters. The first-order valence-electron chi connectivity index (χ1n) is 6.51. The molecule has 0 unspecified atom stereocenters. The highest BCUT2D eigenvalue weighted by Gasteiger charge is 2.18. The summed E-state index contributed by atoms with van der Waals surface area (Å²) in [4.78, 5) is 26.7. The molecule has 0 saturated carbocycles. The molecule has 2 amide bonds. The number of primary amides is 1. The standard InChI is InChI=1S/C12H24N4O2.ClH/c1-10(2)16(9-11(13)17)6-3-12(18)15-7-4-14-5-8-15;/h10,14H,3-9H2,1-2H3,(H2,13,17);1H. The van der Waals surface area contributed by atoms with E-state index >= 15 is 0 Å². The van der Waals surface area contributed by atoms with Gasteiger partial charge in [-0.3, -0.25) is 14.5 Å². The predicted octanol–water partition coefficient (Wildman–Crippen LogP) is -0.574. The lowest BCUT2D eigenvalue weighted by Gasteiger charge is -2.29. The number of hydrogen-bond acceptors (Lipinski definition) is 4. The number of nitrogens with one attached hydrogen (secondary N) is 1. The zero-order valence-electron chi connectivity index (χ0n) is 11.7. The third-order valence-electron chi connectivity index (χ3n) is 3.17. The molecule has 7 heteroatoms. The van der Waals surface area contributed by atoms with Gasteiger partial charge in [-0.2, -0.15) is 0 Å². The second-order valence-electron chi connectivity index (χ2n) is 4.91. The van der Waals surface area contributed by atoms with Gasteiger partial charge in [-0.05, 0) is 13.8 Å². The van der Waals surface area contributed by atoms with Crippen LogP contribution >= 0.6 is 12.4 Å². The SMILES string of the molecule is CC(C)N(CCC(=O)N1CCNCC1)CC(N)=O.Cl. The van der Waals surface area contributed by atoms with Crippen LogP contribution in [0.4, 0.5) is 0 Å². The highest BCUT2D eigenvalue weighted by atomic mass is 35.5. The number of hydrogen-bond donors (Lipinski definition) is 2.